The molecule has 3 aromatic rings. The van der Waals surface area contributed by atoms with Gasteiger partial charge in [0.1, 0.15) is 0 Å². The number of para-hydroxylation sites is 1. The van der Waals surface area contributed by atoms with Gasteiger partial charge >= 0.3 is 0 Å². The third-order valence-corrected chi connectivity index (χ3v) is 4.93. The largest absolute Gasteiger partial charge is 0.550 e. The highest BCUT2D eigenvalue weighted by atomic mass is 32.1. The molecule has 2 aromatic carbocycles. The number of benzene rings is 2. The van der Waals surface area contributed by atoms with Crippen LogP contribution in [0.5, 0.6) is 0 Å². The second kappa shape index (κ2) is 9.66. The average Bonchev–Trinajstić information content (AvgIpc) is 3.10. The molecule has 0 fully saturated rings. The second-order valence-electron chi connectivity index (χ2n) is 6.09. The molecule has 3 rings (SSSR count). The Bertz CT molecular complexity index is 994. The Morgan fingerprint density at radius 3 is 2.36 bits per heavy atom. The van der Waals surface area contributed by atoms with Gasteiger partial charge in [-0.2, -0.15) is 0 Å². The number of aromatic nitrogens is 1. The van der Waals surface area contributed by atoms with E-state index in [0.717, 1.165) is 21.7 Å². The fraction of sp³-hybridized carbons (Fsp3) is 0.190. The Morgan fingerprint density at radius 2 is 1.68 bits per heavy atom. The van der Waals surface area contributed by atoms with E-state index in [-0.39, 0.29) is 18.7 Å². The minimum absolute atomic E-state index is 0.0799. The zero-order chi connectivity index (χ0) is 19.8. The summed E-state index contributed by atoms with van der Waals surface area (Å²) in [6, 6.07) is 19.7. The molecule has 144 valence electrons. The van der Waals surface area contributed by atoms with Crippen molar-refractivity contribution < 1.29 is 14.7 Å². The molecule has 1 heterocycles. The van der Waals surface area contributed by atoms with E-state index in [1.165, 1.54) is 11.3 Å². The minimum Gasteiger partial charge on any atom is -0.550 e. The van der Waals surface area contributed by atoms with E-state index in [0.29, 0.717) is 13.1 Å². The van der Waals surface area contributed by atoms with E-state index < -0.39 is 5.97 Å². The summed E-state index contributed by atoms with van der Waals surface area (Å²) < 4.78 is 2.06. The van der Waals surface area contributed by atoms with E-state index in [9.17, 15) is 14.7 Å². The molecular formula is C21H20N3O3S-. The van der Waals surface area contributed by atoms with Crippen LogP contribution in [-0.4, -0.2) is 23.0 Å². The number of nitrogens with one attached hydrogen (secondary N) is 1. The molecule has 0 aliphatic heterocycles. The number of rotatable bonds is 8. The Labute approximate surface area is 166 Å². The number of carboxylic acid groups (broad SMARTS) is 1. The molecule has 0 spiro atoms. The fourth-order valence-corrected chi connectivity index (χ4v) is 3.65. The minimum atomic E-state index is -1.22. The van der Waals surface area contributed by atoms with E-state index in [2.05, 4.69) is 15.3 Å². The lowest BCUT2D eigenvalue weighted by atomic mass is 10.2. The summed E-state index contributed by atoms with van der Waals surface area (Å²) in [6.45, 7) is 0.904. The molecule has 1 aromatic heterocycles. The lowest BCUT2D eigenvalue weighted by Gasteiger charge is -2.11. The van der Waals surface area contributed by atoms with Gasteiger partial charge in [0.05, 0.1) is 11.4 Å². The van der Waals surface area contributed by atoms with Crippen molar-refractivity contribution in [2.24, 2.45) is 4.99 Å². The third-order valence-electron chi connectivity index (χ3n) is 4.06. The van der Waals surface area contributed by atoms with Gasteiger partial charge in [0.2, 0.25) is 5.91 Å². The predicted molar refractivity (Wildman–Crippen MR) is 107 cm³/mol. The number of hydrogen-bond acceptors (Lipinski definition) is 5. The summed E-state index contributed by atoms with van der Waals surface area (Å²) in [7, 11) is 0. The number of hydrogen-bond donors (Lipinski definition) is 1. The molecule has 28 heavy (non-hydrogen) atoms. The number of amides is 1. The van der Waals surface area contributed by atoms with Crippen LogP contribution in [0.2, 0.25) is 0 Å². The SMILES string of the molecule is O=C([O-])CCC(=O)NCCn1c(-c2ccccc2)csc1=Nc1ccccc1. The number of carbonyl (C=O) groups is 2. The maximum atomic E-state index is 11.8. The molecule has 0 saturated carbocycles. The average molecular weight is 394 g/mol. The first kappa shape index (κ1) is 19.6. The van der Waals surface area contributed by atoms with Crippen LogP contribution >= 0.6 is 11.3 Å². The normalized spacial score (nSPS) is 11.4. The van der Waals surface area contributed by atoms with Crippen LogP contribution in [0.25, 0.3) is 11.3 Å². The highest BCUT2D eigenvalue weighted by molar-refractivity contribution is 7.07. The van der Waals surface area contributed by atoms with Crippen molar-refractivity contribution >= 4 is 28.9 Å². The molecule has 0 atom stereocenters. The quantitative estimate of drug-likeness (QED) is 0.635. The number of thiazole rings is 1. The fourth-order valence-electron chi connectivity index (χ4n) is 2.70. The molecule has 0 aliphatic carbocycles. The van der Waals surface area contributed by atoms with Gasteiger partial charge in [-0.25, -0.2) is 4.99 Å². The van der Waals surface area contributed by atoms with Crippen molar-refractivity contribution in [3.63, 3.8) is 0 Å². The summed E-state index contributed by atoms with van der Waals surface area (Å²) in [5, 5.41) is 15.3. The Morgan fingerprint density at radius 1 is 1.00 bits per heavy atom. The number of carboxylic acids is 1. The monoisotopic (exact) mass is 394 g/mol. The first-order valence-corrected chi connectivity index (χ1v) is 9.81. The van der Waals surface area contributed by atoms with Gasteiger partial charge < -0.3 is 19.8 Å². The van der Waals surface area contributed by atoms with Crippen LogP contribution in [-0.2, 0) is 16.1 Å². The molecule has 0 saturated heterocycles. The third kappa shape index (κ3) is 5.40. The molecule has 0 aliphatic rings. The van der Waals surface area contributed by atoms with Crippen molar-refractivity contribution in [3.05, 3.63) is 70.8 Å². The van der Waals surface area contributed by atoms with Gasteiger partial charge in [0, 0.05) is 30.9 Å². The van der Waals surface area contributed by atoms with Gasteiger partial charge in [-0.1, -0.05) is 48.5 Å². The predicted octanol–water partition coefficient (Wildman–Crippen LogP) is 2.10. The Hall–Kier alpha value is -3.19. The summed E-state index contributed by atoms with van der Waals surface area (Å²) in [5.74, 6) is -1.53. The van der Waals surface area contributed by atoms with Crippen molar-refractivity contribution in [2.75, 3.05) is 6.54 Å². The van der Waals surface area contributed by atoms with E-state index in [4.69, 9.17) is 4.99 Å². The number of nitrogens with zero attached hydrogens (tertiary/aromatic N) is 2. The lowest BCUT2D eigenvalue weighted by molar-refractivity contribution is -0.305. The van der Waals surface area contributed by atoms with E-state index in [1.54, 1.807) is 0 Å². The van der Waals surface area contributed by atoms with Crippen molar-refractivity contribution in [1.29, 1.82) is 0 Å². The number of carbonyl (C=O) groups excluding carboxylic acids is 2. The maximum absolute atomic E-state index is 11.8. The van der Waals surface area contributed by atoms with E-state index in [1.807, 2.05) is 60.7 Å². The first-order chi connectivity index (χ1) is 13.6. The van der Waals surface area contributed by atoms with Gasteiger partial charge in [-0.05, 0) is 24.1 Å². The highest BCUT2D eigenvalue weighted by Crippen LogP contribution is 2.20. The van der Waals surface area contributed by atoms with Crippen LogP contribution in [0.15, 0.2) is 71.0 Å². The van der Waals surface area contributed by atoms with Crippen molar-refractivity contribution in [1.82, 2.24) is 9.88 Å². The zero-order valence-electron chi connectivity index (χ0n) is 15.2. The van der Waals surface area contributed by atoms with Gasteiger partial charge in [-0.15, -0.1) is 11.3 Å². The topological polar surface area (TPSA) is 86.5 Å². The summed E-state index contributed by atoms with van der Waals surface area (Å²) in [6.07, 6.45) is -0.356. The van der Waals surface area contributed by atoms with Gasteiger partial charge in [0.15, 0.2) is 4.80 Å². The van der Waals surface area contributed by atoms with Crippen LogP contribution in [0, 0.1) is 0 Å². The van der Waals surface area contributed by atoms with Crippen molar-refractivity contribution in [3.8, 4) is 11.3 Å². The standard InChI is InChI=1S/C21H21N3O3S/c25-19(11-12-20(26)27)22-13-14-24-18(16-7-3-1-4-8-16)15-28-21(24)23-17-9-5-2-6-10-17/h1-10,15H,11-14H2,(H,22,25)(H,26,27)/p-1. The van der Waals surface area contributed by atoms with Gasteiger partial charge in [-0.3, -0.25) is 4.79 Å². The molecular weight excluding hydrogens is 374 g/mol. The van der Waals surface area contributed by atoms with Gasteiger partial charge in [0.25, 0.3) is 0 Å². The zero-order valence-corrected chi connectivity index (χ0v) is 16.0. The van der Waals surface area contributed by atoms with Crippen LogP contribution in [0.1, 0.15) is 12.8 Å². The molecule has 0 unspecified atom stereocenters. The number of aliphatic carboxylic acids is 1. The summed E-state index contributed by atoms with van der Waals surface area (Å²) >= 11 is 1.54. The summed E-state index contributed by atoms with van der Waals surface area (Å²) in [4.78, 5) is 27.8. The molecule has 0 bridgehead atoms. The van der Waals surface area contributed by atoms with Crippen LogP contribution < -0.4 is 15.2 Å². The molecule has 1 N–H and O–H groups in total. The Balaban J connectivity index is 1.82. The first-order valence-electron chi connectivity index (χ1n) is 8.93. The highest BCUT2D eigenvalue weighted by Gasteiger charge is 2.09. The van der Waals surface area contributed by atoms with E-state index >= 15 is 0 Å². The second-order valence-corrected chi connectivity index (χ2v) is 6.93. The smallest absolute Gasteiger partial charge is 0.220 e. The van der Waals surface area contributed by atoms with Crippen molar-refractivity contribution in [2.45, 2.75) is 19.4 Å². The summed E-state index contributed by atoms with van der Waals surface area (Å²) in [5.41, 5.74) is 2.94. The molecule has 7 heteroatoms. The molecule has 0 radical (unpaired) electrons. The Kier molecular flexibility index (Phi) is 6.75. The molecule has 6 nitrogen and oxygen atoms in total. The lowest BCUT2D eigenvalue weighted by Crippen LogP contribution is -2.31. The van der Waals surface area contributed by atoms with Crippen LogP contribution in [0.3, 0.4) is 0 Å². The maximum Gasteiger partial charge on any atom is 0.220 e. The van der Waals surface area contributed by atoms with Crippen LogP contribution in [0.4, 0.5) is 5.69 Å². The molecule has 1 amide bonds.